The fourth-order valence-corrected chi connectivity index (χ4v) is 4.19. The lowest BCUT2D eigenvalue weighted by Crippen LogP contribution is -2.23. The number of aromatic nitrogens is 3. The van der Waals surface area contributed by atoms with Crippen LogP contribution in [0.4, 0.5) is 5.13 Å². The Labute approximate surface area is 186 Å². The second-order valence-electron chi connectivity index (χ2n) is 6.13. The number of rotatable bonds is 8. The average molecular weight is 461 g/mol. The Morgan fingerprint density at radius 1 is 1.26 bits per heavy atom. The molecule has 31 heavy (non-hydrogen) atoms. The molecule has 0 aliphatic rings. The van der Waals surface area contributed by atoms with Gasteiger partial charge in [-0.15, -0.1) is 0 Å². The smallest absolute Gasteiger partial charge is 0.350 e. The molecule has 2 aromatic heterocycles. The minimum absolute atomic E-state index is 0.158. The van der Waals surface area contributed by atoms with Gasteiger partial charge in [-0.3, -0.25) is 9.59 Å². The van der Waals surface area contributed by atoms with Crippen LogP contribution < -0.4 is 15.6 Å². The Kier molecular flexibility index (Phi) is 7.42. The van der Waals surface area contributed by atoms with Gasteiger partial charge in [0.1, 0.15) is 4.88 Å². The third kappa shape index (κ3) is 5.70. The van der Waals surface area contributed by atoms with Crippen LogP contribution in [0.25, 0.3) is 11.3 Å². The number of hydrogen-bond donors (Lipinski definition) is 2. The number of methoxy groups -OCH3 is 1. The summed E-state index contributed by atoms with van der Waals surface area (Å²) in [7, 11) is 1.40. The molecule has 1 amide bonds. The number of anilines is 1. The molecule has 0 radical (unpaired) electrons. The molecule has 3 aromatic rings. The van der Waals surface area contributed by atoms with Crippen LogP contribution in [0.3, 0.4) is 0 Å². The number of ether oxygens (including phenoxy) is 2. The van der Waals surface area contributed by atoms with E-state index in [2.05, 4.69) is 20.3 Å². The molecule has 11 heteroatoms. The molecule has 1 unspecified atom stereocenters. The van der Waals surface area contributed by atoms with Gasteiger partial charge >= 0.3 is 5.97 Å². The van der Waals surface area contributed by atoms with Crippen LogP contribution in [0.1, 0.15) is 23.5 Å². The lowest BCUT2D eigenvalue weighted by atomic mass is 10.1. The maximum absolute atomic E-state index is 12.7. The van der Waals surface area contributed by atoms with Gasteiger partial charge in [-0.25, -0.2) is 9.78 Å². The van der Waals surface area contributed by atoms with E-state index in [0.29, 0.717) is 10.6 Å². The van der Waals surface area contributed by atoms with Crippen molar-refractivity contribution in [2.75, 3.05) is 19.0 Å². The number of H-pyrrole nitrogens is 1. The maximum atomic E-state index is 12.7. The summed E-state index contributed by atoms with van der Waals surface area (Å²) >= 11 is 2.11. The van der Waals surface area contributed by atoms with Gasteiger partial charge in [-0.2, -0.15) is 4.98 Å². The standard InChI is InChI=1S/C20H20N4O5S2/c1-4-29-18(27)16-15(12-8-6-5-7-9-12)23-20(31-16)24-17(26)11(2)30-19-21-13(25)10-14(22-19)28-3/h5-11H,4H2,1-3H3,(H,21,22,25)(H,23,24,26). The highest BCUT2D eigenvalue weighted by Crippen LogP contribution is 2.32. The molecular formula is C20H20N4O5S2. The second kappa shape index (κ2) is 10.2. The molecule has 9 nitrogen and oxygen atoms in total. The van der Waals surface area contributed by atoms with Crippen molar-refractivity contribution in [3.05, 3.63) is 51.6 Å². The summed E-state index contributed by atoms with van der Waals surface area (Å²) < 4.78 is 10.1. The molecule has 1 atom stereocenters. The summed E-state index contributed by atoms with van der Waals surface area (Å²) in [4.78, 5) is 48.1. The number of aromatic amines is 1. The molecular weight excluding hydrogens is 440 g/mol. The first-order valence-electron chi connectivity index (χ1n) is 9.27. The number of nitrogens with one attached hydrogen (secondary N) is 2. The first-order chi connectivity index (χ1) is 14.9. The van der Waals surface area contributed by atoms with Gasteiger partial charge in [0.2, 0.25) is 11.8 Å². The van der Waals surface area contributed by atoms with Crippen molar-refractivity contribution in [1.29, 1.82) is 0 Å². The summed E-state index contributed by atoms with van der Waals surface area (Å²) in [5.41, 5.74) is 0.801. The Morgan fingerprint density at radius 3 is 2.68 bits per heavy atom. The lowest BCUT2D eigenvalue weighted by Gasteiger charge is -2.10. The number of esters is 1. The van der Waals surface area contributed by atoms with Crippen molar-refractivity contribution in [1.82, 2.24) is 15.0 Å². The summed E-state index contributed by atoms with van der Waals surface area (Å²) in [6.45, 7) is 3.61. The molecule has 0 aliphatic carbocycles. The zero-order valence-corrected chi connectivity index (χ0v) is 18.6. The highest BCUT2D eigenvalue weighted by atomic mass is 32.2. The number of benzene rings is 1. The maximum Gasteiger partial charge on any atom is 0.350 e. The van der Waals surface area contributed by atoms with Crippen molar-refractivity contribution in [3.63, 3.8) is 0 Å². The second-order valence-corrected chi connectivity index (χ2v) is 8.45. The van der Waals surface area contributed by atoms with Gasteiger partial charge in [-0.05, 0) is 13.8 Å². The van der Waals surface area contributed by atoms with Crippen molar-refractivity contribution in [2.45, 2.75) is 24.3 Å². The first-order valence-corrected chi connectivity index (χ1v) is 11.0. The zero-order valence-electron chi connectivity index (χ0n) is 17.0. The number of nitrogens with zero attached hydrogens (tertiary/aromatic N) is 2. The van der Waals surface area contributed by atoms with E-state index in [1.165, 1.54) is 13.2 Å². The largest absolute Gasteiger partial charge is 0.481 e. The topological polar surface area (TPSA) is 123 Å². The number of thiazole rings is 1. The number of carbonyl (C=O) groups excluding carboxylic acids is 2. The lowest BCUT2D eigenvalue weighted by molar-refractivity contribution is -0.115. The molecule has 1 aromatic carbocycles. The fraction of sp³-hybridized carbons (Fsp3) is 0.250. The molecule has 3 rings (SSSR count). The van der Waals surface area contributed by atoms with E-state index in [0.717, 1.165) is 28.7 Å². The van der Waals surface area contributed by atoms with E-state index in [1.807, 2.05) is 30.3 Å². The molecule has 0 saturated carbocycles. The van der Waals surface area contributed by atoms with E-state index >= 15 is 0 Å². The molecule has 2 heterocycles. The van der Waals surface area contributed by atoms with Gasteiger partial charge in [-0.1, -0.05) is 53.4 Å². The van der Waals surface area contributed by atoms with Crippen molar-refractivity contribution in [3.8, 4) is 17.1 Å². The van der Waals surface area contributed by atoms with Crippen LogP contribution in [0, 0.1) is 0 Å². The van der Waals surface area contributed by atoms with Gasteiger partial charge in [0.15, 0.2) is 10.3 Å². The molecule has 162 valence electrons. The number of amides is 1. The van der Waals surface area contributed by atoms with Crippen LogP contribution in [-0.4, -0.2) is 45.8 Å². The minimum atomic E-state index is -0.606. The quantitative estimate of drug-likeness (QED) is 0.298. The number of carbonyl (C=O) groups is 2. The van der Waals surface area contributed by atoms with E-state index in [4.69, 9.17) is 9.47 Å². The zero-order chi connectivity index (χ0) is 22.4. The van der Waals surface area contributed by atoms with E-state index in [1.54, 1.807) is 13.8 Å². The third-order valence-corrected chi connectivity index (χ3v) is 5.86. The first kappa shape index (κ1) is 22.5. The molecule has 2 N–H and O–H groups in total. The number of thioether (sulfide) groups is 1. The van der Waals surface area contributed by atoms with Crippen LogP contribution in [-0.2, 0) is 9.53 Å². The van der Waals surface area contributed by atoms with Gasteiger partial charge in [0.05, 0.1) is 30.7 Å². The fourth-order valence-electron chi connectivity index (χ4n) is 2.50. The normalized spacial score (nSPS) is 11.6. The molecule has 0 fully saturated rings. The SMILES string of the molecule is CCOC(=O)c1sc(NC(=O)C(C)Sc2nc(OC)cc(=O)[nH]2)nc1-c1ccccc1. The van der Waals surface area contributed by atoms with Crippen LogP contribution in [0.5, 0.6) is 5.88 Å². The summed E-state index contributed by atoms with van der Waals surface area (Å²) in [5.74, 6) is -0.704. The minimum Gasteiger partial charge on any atom is -0.481 e. The Bertz CT molecular complexity index is 1130. The van der Waals surface area contributed by atoms with Gasteiger partial charge < -0.3 is 19.8 Å². The van der Waals surface area contributed by atoms with E-state index in [-0.39, 0.29) is 34.2 Å². The number of hydrogen-bond acceptors (Lipinski definition) is 9. The van der Waals surface area contributed by atoms with E-state index in [9.17, 15) is 14.4 Å². The molecule has 0 saturated heterocycles. The predicted octanol–water partition coefficient (Wildman–Crippen LogP) is 3.20. The molecule has 0 aliphatic heterocycles. The van der Waals surface area contributed by atoms with Crippen molar-refractivity contribution >= 4 is 40.1 Å². The Balaban J connectivity index is 1.80. The Morgan fingerprint density at radius 2 is 2.00 bits per heavy atom. The summed E-state index contributed by atoms with van der Waals surface area (Å²) in [6.07, 6.45) is 0. The molecule has 0 spiro atoms. The van der Waals surface area contributed by atoms with Crippen LogP contribution in [0.2, 0.25) is 0 Å². The van der Waals surface area contributed by atoms with Crippen molar-refractivity contribution < 1.29 is 19.1 Å². The van der Waals surface area contributed by atoms with Gasteiger partial charge in [0, 0.05) is 5.56 Å². The summed E-state index contributed by atoms with van der Waals surface area (Å²) in [6, 6.07) is 10.4. The van der Waals surface area contributed by atoms with Crippen LogP contribution >= 0.6 is 23.1 Å². The highest BCUT2D eigenvalue weighted by Gasteiger charge is 2.23. The third-order valence-electron chi connectivity index (χ3n) is 3.93. The average Bonchev–Trinajstić information content (AvgIpc) is 3.18. The monoisotopic (exact) mass is 460 g/mol. The highest BCUT2D eigenvalue weighted by molar-refractivity contribution is 8.00. The van der Waals surface area contributed by atoms with Crippen molar-refractivity contribution in [2.24, 2.45) is 0 Å². The molecule has 0 bridgehead atoms. The predicted molar refractivity (Wildman–Crippen MR) is 119 cm³/mol. The van der Waals surface area contributed by atoms with Crippen LogP contribution in [0.15, 0.2) is 46.3 Å². The summed E-state index contributed by atoms with van der Waals surface area (Å²) in [5, 5.41) is 2.64. The van der Waals surface area contributed by atoms with E-state index < -0.39 is 11.2 Å². The Hall–Kier alpha value is -3.18. The van der Waals surface area contributed by atoms with Gasteiger partial charge in [0.25, 0.3) is 5.56 Å².